The molecule has 0 saturated carbocycles. The van der Waals surface area contributed by atoms with Crippen LogP contribution in [0.5, 0.6) is 0 Å². The van der Waals surface area contributed by atoms with Gasteiger partial charge in [0.15, 0.2) is 0 Å². The molecule has 0 spiro atoms. The number of hydrogen-bond donors (Lipinski definition) is 0. The van der Waals surface area contributed by atoms with Gasteiger partial charge in [-0.15, -0.1) is 0 Å². The number of carbonyl (C=O) groups excluding carboxylic acids is 1. The largest absolute Gasteiger partial charge is 0.461 e. The Kier molecular flexibility index (Phi) is 7.73. The van der Waals surface area contributed by atoms with Crippen LogP contribution in [0.25, 0.3) is 0 Å². The van der Waals surface area contributed by atoms with Crippen LogP contribution < -0.4 is 0 Å². The fraction of sp³-hybridized carbons (Fsp3) is 0.722. The molecule has 120 valence electrons. The van der Waals surface area contributed by atoms with E-state index in [1.54, 1.807) is 0 Å². The van der Waals surface area contributed by atoms with E-state index in [1.807, 2.05) is 13.0 Å². The van der Waals surface area contributed by atoms with Gasteiger partial charge in [-0.05, 0) is 36.7 Å². The van der Waals surface area contributed by atoms with Gasteiger partial charge in [-0.1, -0.05) is 45.9 Å². The van der Waals surface area contributed by atoms with Crippen molar-refractivity contribution in [3.05, 3.63) is 23.8 Å². The molecule has 0 bridgehead atoms. The fourth-order valence-electron chi connectivity index (χ4n) is 2.09. The number of ether oxygens (including phenoxy) is 2. The van der Waals surface area contributed by atoms with Gasteiger partial charge in [-0.25, -0.2) is 0 Å². The first-order valence-corrected chi connectivity index (χ1v) is 8.03. The predicted molar refractivity (Wildman–Crippen MR) is 86.0 cm³/mol. The minimum absolute atomic E-state index is 0.143. The zero-order chi connectivity index (χ0) is 15.8. The standard InChI is InChI=1S/C18H30O3/c1-13(2)16(5)20-11-15(4)10-18(19)21-12-17-8-6-7-14(3)9-17/h6,8-9,13-16H,7,10-12H2,1-5H3. The highest BCUT2D eigenvalue weighted by Crippen LogP contribution is 2.16. The first kappa shape index (κ1) is 18.0. The summed E-state index contributed by atoms with van der Waals surface area (Å²) < 4.78 is 11.1. The first-order chi connectivity index (χ1) is 9.88. The van der Waals surface area contributed by atoms with E-state index in [0.717, 1.165) is 12.0 Å². The number of rotatable bonds is 8. The normalized spacial score (nSPS) is 21.0. The van der Waals surface area contributed by atoms with Gasteiger partial charge in [0, 0.05) is 0 Å². The zero-order valence-electron chi connectivity index (χ0n) is 14.1. The Morgan fingerprint density at radius 1 is 1.33 bits per heavy atom. The molecule has 3 atom stereocenters. The van der Waals surface area contributed by atoms with Gasteiger partial charge in [0.25, 0.3) is 0 Å². The van der Waals surface area contributed by atoms with Crippen molar-refractivity contribution in [1.29, 1.82) is 0 Å². The molecule has 3 unspecified atom stereocenters. The van der Waals surface area contributed by atoms with Crippen LogP contribution in [0.3, 0.4) is 0 Å². The van der Waals surface area contributed by atoms with Gasteiger partial charge < -0.3 is 9.47 Å². The van der Waals surface area contributed by atoms with Crippen LogP contribution in [0.1, 0.15) is 47.5 Å². The van der Waals surface area contributed by atoms with E-state index in [4.69, 9.17) is 9.47 Å². The molecule has 0 aromatic heterocycles. The molecule has 0 aromatic carbocycles. The minimum atomic E-state index is -0.143. The van der Waals surface area contributed by atoms with E-state index in [1.165, 1.54) is 0 Å². The molecule has 0 saturated heterocycles. The van der Waals surface area contributed by atoms with Crippen molar-refractivity contribution < 1.29 is 14.3 Å². The van der Waals surface area contributed by atoms with Crippen LogP contribution in [0.4, 0.5) is 0 Å². The smallest absolute Gasteiger partial charge is 0.306 e. The molecule has 0 aliphatic heterocycles. The van der Waals surface area contributed by atoms with Gasteiger partial charge in [-0.2, -0.15) is 0 Å². The van der Waals surface area contributed by atoms with Crippen molar-refractivity contribution in [3.63, 3.8) is 0 Å². The van der Waals surface area contributed by atoms with Crippen LogP contribution in [0.2, 0.25) is 0 Å². The van der Waals surface area contributed by atoms with E-state index in [-0.39, 0.29) is 18.0 Å². The van der Waals surface area contributed by atoms with E-state index >= 15 is 0 Å². The number of allylic oxidation sites excluding steroid dienone is 2. The molecule has 21 heavy (non-hydrogen) atoms. The second-order valence-corrected chi connectivity index (χ2v) is 6.61. The third kappa shape index (κ3) is 7.47. The molecule has 3 nitrogen and oxygen atoms in total. The molecule has 0 fully saturated rings. The van der Waals surface area contributed by atoms with Gasteiger partial charge in [-0.3, -0.25) is 4.79 Å². The minimum Gasteiger partial charge on any atom is -0.461 e. The lowest BCUT2D eigenvalue weighted by Gasteiger charge is -2.19. The molecular weight excluding hydrogens is 264 g/mol. The summed E-state index contributed by atoms with van der Waals surface area (Å²) in [6.45, 7) is 11.5. The Balaban J connectivity index is 2.22. The second-order valence-electron chi connectivity index (χ2n) is 6.61. The number of hydrogen-bond acceptors (Lipinski definition) is 3. The van der Waals surface area contributed by atoms with Crippen molar-refractivity contribution in [3.8, 4) is 0 Å². The fourth-order valence-corrected chi connectivity index (χ4v) is 2.09. The number of carbonyl (C=O) groups is 1. The molecule has 3 heteroatoms. The van der Waals surface area contributed by atoms with E-state index < -0.39 is 0 Å². The predicted octanol–water partition coefficient (Wildman–Crippen LogP) is 4.14. The van der Waals surface area contributed by atoms with Crippen LogP contribution >= 0.6 is 0 Å². The molecule has 0 N–H and O–H groups in total. The van der Waals surface area contributed by atoms with Gasteiger partial charge in [0.05, 0.1) is 19.1 Å². The maximum atomic E-state index is 11.8. The highest BCUT2D eigenvalue weighted by atomic mass is 16.5. The summed E-state index contributed by atoms with van der Waals surface area (Å²) in [5.41, 5.74) is 1.10. The summed E-state index contributed by atoms with van der Waals surface area (Å²) in [5, 5.41) is 0. The van der Waals surface area contributed by atoms with E-state index in [0.29, 0.717) is 31.5 Å². The summed E-state index contributed by atoms with van der Waals surface area (Å²) in [4.78, 5) is 11.8. The third-order valence-electron chi connectivity index (χ3n) is 3.84. The lowest BCUT2D eigenvalue weighted by molar-refractivity contribution is -0.144. The van der Waals surface area contributed by atoms with Crippen molar-refractivity contribution in [1.82, 2.24) is 0 Å². The van der Waals surface area contributed by atoms with Crippen LogP contribution in [0, 0.1) is 17.8 Å². The Morgan fingerprint density at radius 2 is 2.05 bits per heavy atom. The van der Waals surface area contributed by atoms with Crippen LogP contribution in [-0.2, 0) is 14.3 Å². The van der Waals surface area contributed by atoms with Gasteiger partial charge in [0.1, 0.15) is 6.61 Å². The van der Waals surface area contributed by atoms with Gasteiger partial charge >= 0.3 is 5.97 Å². The molecule has 0 radical (unpaired) electrons. The summed E-state index contributed by atoms with van der Waals surface area (Å²) in [6.07, 6.45) is 8.06. The number of esters is 1. The maximum Gasteiger partial charge on any atom is 0.306 e. The SMILES string of the molecule is CC1C=C(COC(=O)CC(C)COC(C)C(C)C)C=CC1. The lowest BCUT2D eigenvalue weighted by atomic mass is 9.98. The molecule has 0 aromatic rings. The zero-order valence-corrected chi connectivity index (χ0v) is 14.1. The van der Waals surface area contributed by atoms with E-state index in [2.05, 4.69) is 39.8 Å². The summed E-state index contributed by atoms with van der Waals surface area (Å²) in [6, 6.07) is 0. The monoisotopic (exact) mass is 294 g/mol. The third-order valence-corrected chi connectivity index (χ3v) is 3.84. The topological polar surface area (TPSA) is 35.5 Å². The highest BCUT2D eigenvalue weighted by molar-refractivity contribution is 5.69. The molecular formula is C18H30O3. The average molecular weight is 294 g/mol. The Bertz CT molecular complexity index is 382. The summed E-state index contributed by atoms with van der Waals surface area (Å²) >= 11 is 0. The Hall–Kier alpha value is -1.09. The molecule has 1 rings (SSSR count). The molecule has 1 aliphatic rings. The summed E-state index contributed by atoms with van der Waals surface area (Å²) in [7, 11) is 0. The lowest BCUT2D eigenvalue weighted by Crippen LogP contribution is -2.21. The molecule has 1 aliphatic carbocycles. The highest BCUT2D eigenvalue weighted by Gasteiger charge is 2.14. The van der Waals surface area contributed by atoms with E-state index in [9.17, 15) is 4.79 Å². The summed E-state index contributed by atoms with van der Waals surface area (Å²) in [5.74, 6) is 1.08. The first-order valence-electron chi connectivity index (χ1n) is 8.03. The quantitative estimate of drug-likeness (QED) is 0.631. The van der Waals surface area contributed by atoms with Crippen LogP contribution in [0.15, 0.2) is 23.8 Å². The van der Waals surface area contributed by atoms with Gasteiger partial charge in [0.2, 0.25) is 0 Å². The van der Waals surface area contributed by atoms with Crippen molar-refractivity contribution in [2.24, 2.45) is 17.8 Å². The maximum absolute atomic E-state index is 11.8. The van der Waals surface area contributed by atoms with Crippen molar-refractivity contribution >= 4 is 5.97 Å². The van der Waals surface area contributed by atoms with Crippen molar-refractivity contribution in [2.75, 3.05) is 13.2 Å². The Labute approximate surface area is 129 Å². The molecule has 0 heterocycles. The Morgan fingerprint density at radius 3 is 2.67 bits per heavy atom. The average Bonchev–Trinajstić information content (AvgIpc) is 2.42. The van der Waals surface area contributed by atoms with Crippen LogP contribution in [-0.4, -0.2) is 25.3 Å². The van der Waals surface area contributed by atoms with Crippen molar-refractivity contribution in [2.45, 2.75) is 53.6 Å². The second kappa shape index (κ2) is 9.04. The molecule has 0 amide bonds.